The van der Waals surface area contributed by atoms with Crippen molar-refractivity contribution in [3.63, 3.8) is 0 Å². The molecule has 1 fully saturated rings. The van der Waals surface area contributed by atoms with Crippen LogP contribution >= 0.6 is 0 Å². The number of hydrogen-bond acceptors (Lipinski definition) is 6. The Hall–Kier alpha value is -4.42. The van der Waals surface area contributed by atoms with Crippen LogP contribution in [0.15, 0.2) is 48.8 Å². The zero-order chi connectivity index (χ0) is 25.0. The van der Waals surface area contributed by atoms with Crippen LogP contribution in [0.4, 0.5) is 10.2 Å². The van der Waals surface area contributed by atoms with Crippen molar-refractivity contribution >= 4 is 11.7 Å². The molecule has 1 saturated carbocycles. The van der Waals surface area contributed by atoms with E-state index >= 15 is 0 Å². The molecular formula is C27H21FN6O2. The molecule has 0 spiro atoms. The van der Waals surface area contributed by atoms with E-state index in [-0.39, 0.29) is 24.6 Å². The predicted octanol–water partition coefficient (Wildman–Crippen LogP) is 4.08. The second kappa shape index (κ2) is 8.36. The lowest BCUT2D eigenvalue weighted by Gasteiger charge is -2.18. The first-order valence-corrected chi connectivity index (χ1v) is 11.6. The van der Waals surface area contributed by atoms with Crippen molar-refractivity contribution in [1.82, 2.24) is 19.7 Å². The van der Waals surface area contributed by atoms with E-state index in [2.05, 4.69) is 16.3 Å². The average Bonchev–Trinajstić information content (AvgIpc) is 3.58. The van der Waals surface area contributed by atoms with Crippen molar-refractivity contribution in [2.24, 2.45) is 7.05 Å². The molecule has 36 heavy (non-hydrogen) atoms. The van der Waals surface area contributed by atoms with Gasteiger partial charge in [-0.1, -0.05) is 6.07 Å². The number of amides is 1. The number of rotatable bonds is 5. The number of aryl methyl sites for hydroxylation is 1. The van der Waals surface area contributed by atoms with Gasteiger partial charge >= 0.3 is 0 Å². The summed E-state index contributed by atoms with van der Waals surface area (Å²) in [5.41, 5.74) is 4.66. The van der Waals surface area contributed by atoms with Crippen molar-refractivity contribution in [1.29, 1.82) is 5.26 Å². The highest BCUT2D eigenvalue weighted by molar-refractivity contribution is 6.10. The molecule has 0 unspecified atom stereocenters. The van der Waals surface area contributed by atoms with Crippen LogP contribution in [0.5, 0.6) is 0 Å². The number of benzene rings is 2. The molecule has 1 amide bonds. The second-order valence-corrected chi connectivity index (χ2v) is 9.20. The Kier molecular flexibility index (Phi) is 5.12. The standard InChI is InChI=1S/C27H21FN6O2/c1-33-14-30-32-26(33)20-6-15(11-29)2-5-19(20)18-9-24(17-3-4-17)31-25(10-18)34-12-22-21(27(34)36)7-16(13-35)8-23(22)28/h2,5-10,14,17,35H,3-4,12-13H2,1H3. The van der Waals surface area contributed by atoms with E-state index in [1.807, 2.05) is 25.2 Å². The third-order valence-corrected chi connectivity index (χ3v) is 6.75. The predicted molar refractivity (Wildman–Crippen MR) is 129 cm³/mol. The minimum Gasteiger partial charge on any atom is -0.392 e. The Morgan fingerprint density at radius 1 is 1.14 bits per heavy atom. The van der Waals surface area contributed by atoms with Gasteiger partial charge in [-0.05, 0) is 65.9 Å². The molecular weight excluding hydrogens is 459 g/mol. The highest BCUT2D eigenvalue weighted by Gasteiger charge is 2.34. The van der Waals surface area contributed by atoms with E-state index in [9.17, 15) is 19.6 Å². The number of aliphatic hydroxyl groups is 1. The molecule has 2 aromatic heterocycles. The zero-order valence-corrected chi connectivity index (χ0v) is 19.4. The maximum absolute atomic E-state index is 14.7. The van der Waals surface area contributed by atoms with Gasteiger partial charge in [0.15, 0.2) is 5.82 Å². The lowest BCUT2D eigenvalue weighted by Crippen LogP contribution is -2.24. The lowest BCUT2D eigenvalue weighted by atomic mass is 9.96. The minimum absolute atomic E-state index is 0.0653. The fourth-order valence-electron chi connectivity index (χ4n) is 4.69. The summed E-state index contributed by atoms with van der Waals surface area (Å²) >= 11 is 0. The first-order valence-electron chi connectivity index (χ1n) is 11.6. The van der Waals surface area contributed by atoms with Gasteiger partial charge in [0.05, 0.1) is 24.8 Å². The van der Waals surface area contributed by atoms with Crippen LogP contribution in [-0.2, 0) is 20.2 Å². The van der Waals surface area contributed by atoms with Gasteiger partial charge in [0.2, 0.25) is 0 Å². The maximum atomic E-state index is 14.7. The Bertz CT molecular complexity index is 1580. The smallest absolute Gasteiger partial charge is 0.260 e. The van der Waals surface area contributed by atoms with Crippen molar-refractivity contribution in [3.8, 4) is 28.6 Å². The van der Waals surface area contributed by atoms with Gasteiger partial charge in [-0.3, -0.25) is 9.69 Å². The van der Waals surface area contributed by atoms with Crippen molar-refractivity contribution in [2.75, 3.05) is 4.90 Å². The number of anilines is 1. The number of hydrogen-bond donors (Lipinski definition) is 1. The summed E-state index contributed by atoms with van der Waals surface area (Å²) in [4.78, 5) is 19.6. The molecule has 9 heteroatoms. The maximum Gasteiger partial charge on any atom is 0.260 e. The van der Waals surface area contributed by atoms with Gasteiger partial charge < -0.3 is 9.67 Å². The summed E-state index contributed by atoms with van der Waals surface area (Å²) in [5, 5.41) is 27.2. The Balaban J connectivity index is 1.49. The Morgan fingerprint density at radius 2 is 1.97 bits per heavy atom. The summed E-state index contributed by atoms with van der Waals surface area (Å²) < 4.78 is 16.5. The van der Waals surface area contributed by atoms with Crippen LogP contribution in [0.3, 0.4) is 0 Å². The first kappa shape index (κ1) is 22.1. The molecule has 0 saturated heterocycles. The van der Waals surface area contributed by atoms with Gasteiger partial charge in [-0.15, -0.1) is 10.2 Å². The van der Waals surface area contributed by atoms with Crippen molar-refractivity contribution in [2.45, 2.75) is 31.9 Å². The highest BCUT2D eigenvalue weighted by Crippen LogP contribution is 2.43. The fraction of sp³-hybridized carbons (Fsp3) is 0.222. The van der Waals surface area contributed by atoms with Gasteiger partial charge in [0.1, 0.15) is 18.0 Å². The van der Waals surface area contributed by atoms with Crippen LogP contribution in [0, 0.1) is 17.1 Å². The SMILES string of the molecule is Cn1cnnc1-c1cc(C#N)ccc1-c1cc(C2CC2)nc(N2Cc3c(F)cc(CO)cc3C2=O)c1. The summed E-state index contributed by atoms with van der Waals surface area (Å²) in [5.74, 6) is 0.491. The quantitative estimate of drug-likeness (QED) is 0.461. The molecule has 1 aliphatic carbocycles. The summed E-state index contributed by atoms with van der Waals surface area (Å²) in [6, 6.07) is 14.2. The minimum atomic E-state index is -0.511. The van der Waals surface area contributed by atoms with Gasteiger partial charge in [-0.2, -0.15) is 5.26 Å². The van der Waals surface area contributed by atoms with E-state index in [1.54, 1.807) is 29.1 Å². The molecule has 0 radical (unpaired) electrons. The number of halogens is 1. The monoisotopic (exact) mass is 480 g/mol. The molecule has 1 aliphatic heterocycles. The van der Waals surface area contributed by atoms with Crippen LogP contribution in [0.2, 0.25) is 0 Å². The molecule has 4 aromatic rings. The highest BCUT2D eigenvalue weighted by atomic mass is 19.1. The molecule has 0 bridgehead atoms. The number of carbonyl (C=O) groups excluding carboxylic acids is 1. The first-order chi connectivity index (χ1) is 17.5. The normalized spacial score (nSPS) is 14.7. The summed E-state index contributed by atoms with van der Waals surface area (Å²) in [6.07, 6.45) is 3.63. The largest absolute Gasteiger partial charge is 0.392 e. The molecule has 3 heterocycles. The van der Waals surface area contributed by atoms with Gasteiger partial charge in [0.25, 0.3) is 5.91 Å². The molecule has 0 atom stereocenters. The van der Waals surface area contributed by atoms with E-state index in [1.165, 1.54) is 11.0 Å². The van der Waals surface area contributed by atoms with Crippen molar-refractivity contribution in [3.05, 3.63) is 82.6 Å². The molecule has 178 valence electrons. The van der Waals surface area contributed by atoms with Crippen molar-refractivity contribution < 1.29 is 14.3 Å². The molecule has 6 rings (SSSR count). The van der Waals surface area contributed by atoms with Gasteiger partial charge in [0, 0.05) is 35.3 Å². The molecule has 2 aromatic carbocycles. The number of carbonyl (C=O) groups is 1. The van der Waals surface area contributed by atoms with Crippen LogP contribution < -0.4 is 4.90 Å². The summed E-state index contributed by atoms with van der Waals surface area (Å²) in [7, 11) is 1.83. The topological polar surface area (TPSA) is 108 Å². The van der Waals surface area contributed by atoms with E-state index in [4.69, 9.17) is 4.98 Å². The van der Waals surface area contributed by atoms with E-state index in [0.717, 1.165) is 35.2 Å². The van der Waals surface area contributed by atoms with E-state index < -0.39 is 5.82 Å². The number of pyridine rings is 1. The van der Waals surface area contributed by atoms with Crippen LogP contribution in [0.25, 0.3) is 22.5 Å². The van der Waals surface area contributed by atoms with Gasteiger partial charge in [-0.25, -0.2) is 9.37 Å². The third-order valence-electron chi connectivity index (χ3n) is 6.75. The number of nitrogens with zero attached hydrogens (tertiary/aromatic N) is 6. The average molecular weight is 481 g/mol. The van der Waals surface area contributed by atoms with Crippen LogP contribution in [0.1, 0.15) is 51.5 Å². The second-order valence-electron chi connectivity index (χ2n) is 9.20. The Labute approximate surface area is 206 Å². The number of nitriles is 1. The fourth-order valence-corrected chi connectivity index (χ4v) is 4.69. The third kappa shape index (κ3) is 3.63. The zero-order valence-electron chi connectivity index (χ0n) is 19.4. The molecule has 8 nitrogen and oxygen atoms in total. The molecule has 2 aliphatic rings. The lowest BCUT2D eigenvalue weighted by molar-refractivity contribution is 0.0995. The molecule has 1 N–H and O–H groups in total. The number of fused-ring (bicyclic) bond motifs is 1. The Morgan fingerprint density at radius 3 is 2.67 bits per heavy atom. The number of aromatic nitrogens is 4. The number of aliphatic hydroxyl groups excluding tert-OH is 1. The van der Waals surface area contributed by atoms with Crippen LogP contribution in [-0.4, -0.2) is 30.8 Å². The summed E-state index contributed by atoms with van der Waals surface area (Å²) in [6.45, 7) is -0.281. The van der Waals surface area contributed by atoms with E-state index in [0.29, 0.717) is 34.3 Å².